The van der Waals surface area contributed by atoms with Crippen molar-refractivity contribution in [1.29, 1.82) is 0 Å². The van der Waals surface area contributed by atoms with Gasteiger partial charge in [-0.25, -0.2) is 8.42 Å². The van der Waals surface area contributed by atoms with E-state index < -0.39 is 10.0 Å². The molecule has 3 rings (SSSR count). The van der Waals surface area contributed by atoms with Crippen LogP contribution >= 0.6 is 0 Å². The molecule has 0 heterocycles. The van der Waals surface area contributed by atoms with E-state index >= 15 is 0 Å². The van der Waals surface area contributed by atoms with Crippen LogP contribution in [0.3, 0.4) is 0 Å². The lowest BCUT2D eigenvalue weighted by Gasteiger charge is -2.12. The molecule has 3 aromatic rings. The molecule has 27 heavy (non-hydrogen) atoms. The lowest BCUT2D eigenvalue weighted by molar-refractivity contribution is 0.418. The van der Waals surface area contributed by atoms with Crippen LogP contribution < -0.4 is 14.2 Å². The van der Waals surface area contributed by atoms with Crippen molar-refractivity contribution in [2.75, 3.05) is 17.6 Å². The fourth-order valence-corrected chi connectivity index (χ4v) is 4.06. The van der Waals surface area contributed by atoms with E-state index in [4.69, 9.17) is 9.47 Å². The van der Waals surface area contributed by atoms with Crippen LogP contribution in [0.1, 0.15) is 19.8 Å². The van der Waals surface area contributed by atoms with Crippen molar-refractivity contribution < 1.29 is 17.9 Å². The molecule has 0 amide bonds. The molecule has 142 valence electrons. The molecule has 1 N–H and O–H groups in total. The highest BCUT2D eigenvalue weighted by molar-refractivity contribution is 7.92. The Kier molecular flexibility index (Phi) is 5.86. The fourth-order valence-electron chi connectivity index (χ4n) is 2.79. The molecule has 3 aromatic carbocycles. The van der Waals surface area contributed by atoms with E-state index in [1.807, 2.05) is 43.3 Å². The van der Waals surface area contributed by atoms with Crippen LogP contribution in [-0.4, -0.2) is 21.3 Å². The van der Waals surface area contributed by atoms with Gasteiger partial charge < -0.3 is 9.47 Å². The van der Waals surface area contributed by atoms with Gasteiger partial charge in [0.05, 0.1) is 12.9 Å². The van der Waals surface area contributed by atoms with Crippen LogP contribution in [0.25, 0.3) is 10.8 Å². The lowest BCUT2D eigenvalue weighted by atomic mass is 10.1. The van der Waals surface area contributed by atoms with Gasteiger partial charge in [-0.3, -0.25) is 4.72 Å². The molecule has 0 saturated carbocycles. The number of rotatable bonds is 8. The van der Waals surface area contributed by atoms with E-state index in [-0.39, 0.29) is 5.75 Å². The summed E-state index contributed by atoms with van der Waals surface area (Å²) >= 11 is 0. The standard InChI is InChI=1S/C21H23NO4S/c1-3-4-15-27(23,24)22-16-9-11-17(12-10-16)26-21-14-13-20(25-2)18-7-5-6-8-19(18)21/h5-14,22H,3-4,15H2,1-2H3. The maximum absolute atomic E-state index is 12.0. The highest BCUT2D eigenvalue weighted by Crippen LogP contribution is 2.35. The zero-order chi connectivity index (χ0) is 19.3. The van der Waals surface area contributed by atoms with Crippen molar-refractivity contribution in [2.45, 2.75) is 19.8 Å². The van der Waals surface area contributed by atoms with Crippen LogP contribution in [0, 0.1) is 0 Å². The van der Waals surface area contributed by atoms with E-state index in [2.05, 4.69) is 4.72 Å². The number of nitrogens with one attached hydrogen (secondary N) is 1. The Morgan fingerprint density at radius 3 is 2.15 bits per heavy atom. The van der Waals surface area contributed by atoms with Gasteiger partial charge in [0.1, 0.15) is 17.2 Å². The lowest BCUT2D eigenvalue weighted by Crippen LogP contribution is -2.16. The number of unbranched alkanes of at least 4 members (excludes halogenated alkanes) is 1. The quantitative estimate of drug-likeness (QED) is 0.580. The van der Waals surface area contributed by atoms with E-state index in [1.54, 1.807) is 31.4 Å². The summed E-state index contributed by atoms with van der Waals surface area (Å²) in [6.45, 7) is 1.96. The van der Waals surface area contributed by atoms with Gasteiger partial charge in [-0.05, 0) is 42.8 Å². The number of benzene rings is 3. The molecule has 0 aliphatic heterocycles. The smallest absolute Gasteiger partial charge is 0.232 e. The van der Waals surface area contributed by atoms with Gasteiger partial charge in [-0.15, -0.1) is 0 Å². The van der Waals surface area contributed by atoms with Gasteiger partial charge in [0.2, 0.25) is 10.0 Å². The summed E-state index contributed by atoms with van der Waals surface area (Å²) in [5, 5.41) is 1.92. The summed E-state index contributed by atoms with van der Waals surface area (Å²) in [5.41, 5.74) is 0.526. The average Bonchev–Trinajstić information content (AvgIpc) is 2.68. The third-order valence-electron chi connectivity index (χ3n) is 4.19. The highest BCUT2D eigenvalue weighted by Gasteiger charge is 2.11. The van der Waals surface area contributed by atoms with Crippen LogP contribution in [0.15, 0.2) is 60.7 Å². The highest BCUT2D eigenvalue weighted by atomic mass is 32.2. The monoisotopic (exact) mass is 385 g/mol. The predicted octanol–water partition coefficient (Wildman–Crippen LogP) is 5.18. The SMILES string of the molecule is CCCCS(=O)(=O)Nc1ccc(Oc2ccc(OC)c3ccccc23)cc1. The van der Waals surface area contributed by atoms with Gasteiger partial charge >= 0.3 is 0 Å². The molecule has 0 fully saturated rings. The van der Waals surface area contributed by atoms with Gasteiger partial charge in [0.25, 0.3) is 0 Å². The van der Waals surface area contributed by atoms with Crippen molar-refractivity contribution in [3.8, 4) is 17.2 Å². The first kappa shape index (κ1) is 19.0. The van der Waals surface area contributed by atoms with Gasteiger partial charge in [-0.1, -0.05) is 37.6 Å². The van der Waals surface area contributed by atoms with E-state index in [0.29, 0.717) is 23.6 Å². The molecule has 0 aromatic heterocycles. The normalized spacial score (nSPS) is 11.3. The molecule has 0 spiro atoms. The van der Waals surface area contributed by atoms with Gasteiger partial charge in [0, 0.05) is 16.5 Å². The zero-order valence-electron chi connectivity index (χ0n) is 15.4. The third kappa shape index (κ3) is 4.71. The topological polar surface area (TPSA) is 64.6 Å². The van der Waals surface area contributed by atoms with Crippen LogP contribution in [-0.2, 0) is 10.0 Å². The second-order valence-corrected chi connectivity index (χ2v) is 8.05. The molecule has 0 radical (unpaired) electrons. The minimum atomic E-state index is -3.31. The molecule has 0 saturated heterocycles. The van der Waals surface area contributed by atoms with E-state index in [9.17, 15) is 8.42 Å². The molecule has 0 unspecified atom stereocenters. The number of sulfonamides is 1. The number of ether oxygens (including phenoxy) is 2. The molecule has 5 nitrogen and oxygen atoms in total. The van der Waals surface area contributed by atoms with Crippen molar-refractivity contribution in [3.63, 3.8) is 0 Å². The van der Waals surface area contributed by atoms with Gasteiger partial charge in [0.15, 0.2) is 0 Å². The number of methoxy groups -OCH3 is 1. The number of hydrogen-bond donors (Lipinski definition) is 1. The van der Waals surface area contributed by atoms with Gasteiger partial charge in [-0.2, -0.15) is 0 Å². The third-order valence-corrected chi connectivity index (χ3v) is 5.56. The Labute approximate surface area is 160 Å². The first-order valence-corrected chi connectivity index (χ1v) is 10.5. The van der Waals surface area contributed by atoms with Crippen LogP contribution in [0.4, 0.5) is 5.69 Å². The number of hydrogen-bond acceptors (Lipinski definition) is 4. The largest absolute Gasteiger partial charge is 0.496 e. The Morgan fingerprint density at radius 1 is 0.889 bits per heavy atom. The number of anilines is 1. The Balaban J connectivity index is 1.79. The summed E-state index contributed by atoms with van der Waals surface area (Å²) in [5.74, 6) is 2.25. The number of fused-ring (bicyclic) bond motifs is 1. The molecule has 0 aliphatic rings. The summed E-state index contributed by atoms with van der Waals surface area (Å²) in [6.07, 6.45) is 1.48. The Morgan fingerprint density at radius 2 is 1.52 bits per heavy atom. The van der Waals surface area contributed by atoms with Crippen molar-refractivity contribution in [1.82, 2.24) is 0 Å². The molecular formula is C21H23NO4S. The minimum Gasteiger partial charge on any atom is -0.496 e. The molecule has 6 heteroatoms. The molecule has 0 bridgehead atoms. The Hall–Kier alpha value is -2.73. The molecule has 0 atom stereocenters. The first-order valence-electron chi connectivity index (χ1n) is 8.86. The Bertz CT molecular complexity index is 1010. The molecular weight excluding hydrogens is 362 g/mol. The summed E-state index contributed by atoms with van der Waals surface area (Å²) < 4.78 is 38.0. The maximum Gasteiger partial charge on any atom is 0.232 e. The van der Waals surface area contributed by atoms with Crippen LogP contribution in [0.5, 0.6) is 17.2 Å². The van der Waals surface area contributed by atoms with E-state index in [1.165, 1.54) is 0 Å². The second-order valence-electron chi connectivity index (χ2n) is 6.21. The average molecular weight is 385 g/mol. The van der Waals surface area contributed by atoms with Crippen molar-refractivity contribution in [2.24, 2.45) is 0 Å². The summed E-state index contributed by atoms with van der Waals surface area (Å²) in [4.78, 5) is 0. The maximum atomic E-state index is 12.0. The summed E-state index contributed by atoms with van der Waals surface area (Å²) in [6, 6.07) is 18.5. The first-order chi connectivity index (χ1) is 13.0. The fraction of sp³-hybridized carbons (Fsp3) is 0.238. The van der Waals surface area contributed by atoms with Crippen LogP contribution in [0.2, 0.25) is 0 Å². The zero-order valence-corrected chi connectivity index (χ0v) is 16.3. The van der Waals surface area contributed by atoms with Crippen molar-refractivity contribution in [3.05, 3.63) is 60.7 Å². The molecule has 0 aliphatic carbocycles. The minimum absolute atomic E-state index is 0.125. The van der Waals surface area contributed by atoms with E-state index in [0.717, 1.165) is 22.9 Å². The second kappa shape index (κ2) is 8.31. The van der Waals surface area contributed by atoms with Crippen molar-refractivity contribution >= 4 is 26.5 Å². The summed E-state index contributed by atoms with van der Waals surface area (Å²) in [7, 11) is -1.67. The predicted molar refractivity (Wildman–Crippen MR) is 109 cm³/mol.